The molecule has 1 atom stereocenters. The molecule has 38 heavy (non-hydrogen) atoms. The largest absolute Gasteiger partial charge is 0.481 e. The van der Waals surface area contributed by atoms with Crippen molar-refractivity contribution in [3.63, 3.8) is 0 Å². The number of likely N-dealkylation sites (N-methyl/N-ethyl adjacent to an activating group) is 1. The van der Waals surface area contributed by atoms with Gasteiger partial charge in [0.2, 0.25) is 0 Å². The average Bonchev–Trinajstić information content (AvgIpc) is 2.92. The van der Waals surface area contributed by atoms with Crippen LogP contribution in [0.5, 0.6) is 0 Å². The minimum atomic E-state index is -0.772. The number of carboxylic acid groups (broad SMARTS) is 1. The molecule has 1 aromatic rings. The van der Waals surface area contributed by atoms with Gasteiger partial charge >= 0.3 is 11.9 Å². The van der Waals surface area contributed by atoms with Crippen molar-refractivity contribution in [3.05, 3.63) is 35.4 Å². The number of esters is 1. The van der Waals surface area contributed by atoms with Crippen LogP contribution in [0.3, 0.4) is 0 Å². The van der Waals surface area contributed by atoms with Gasteiger partial charge in [0.1, 0.15) is 6.61 Å². The molecular formula is C32H54ClNO4. The number of carbonyl (C=O) groups is 2. The third-order valence-electron chi connectivity index (χ3n) is 8.57. The Morgan fingerprint density at radius 3 is 2.00 bits per heavy atom. The Kier molecular flexibility index (Phi) is 16.2. The smallest absolute Gasteiger partial charge is 0.312 e. The molecule has 6 heteroatoms. The maximum Gasteiger partial charge on any atom is 0.312 e. The van der Waals surface area contributed by atoms with Gasteiger partial charge < -0.3 is 14.7 Å². The molecule has 2 fully saturated rings. The molecule has 1 N–H and O–H groups in total. The summed E-state index contributed by atoms with van der Waals surface area (Å²) in [5, 5.41) is 8.85. The molecule has 2 saturated carbocycles. The zero-order valence-electron chi connectivity index (χ0n) is 24.7. The van der Waals surface area contributed by atoms with Gasteiger partial charge in [-0.1, -0.05) is 90.5 Å². The molecule has 0 aliphatic heterocycles. The molecule has 0 aromatic heterocycles. The average molecular weight is 552 g/mol. The standard InChI is InChI=1S/C19H35NO2.C13H18O2.ClH/c1-3-20(4-2)15-16-22-18(21)19(13-9-6-10-14-19)17-11-7-5-8-12-17;1-9(2)8-11-4-6-12(7-5-11)10(3)13(14)15;/h17H,3-16H2,1-2H3;4-7,9-10H,8H2,1-3H3,(H,14,15);1H. The molecule has 2 aliphatic carbocycles. The lowest BCUT2D eigenvalue weighted by Gasteiger charge is -2.43. The first-order valence-electron chi connectivity index (χ1n) is 14.9. The van der Waals surface area contributed by atoms with E-state index in [0.29, 0.717) is 18.4 Å². The first-order valence-corrected chi connectivity index (χ1v) is 14.9. The fourth-order valence-electron chi connectivity index (χ4n) is 6.12. The highest BCUT2D eigenvalue weighted by atomic mass is 35.5. The zero-order valence-corrected chi connectivity index (χ0v) is 25.5. The maximum absolute atomic E-state index is 12.9. The van der Waals surface area contributed by atoms with Gasteiger partial charge in [0, 0.05) is 6.54 Å². The van der Waals surface area contributed by atoms with Gasteiger partial charge in [0.05, 0.1) is 11.3 Å². The molecule has 0 spiro atoms. The summed E-state index contributed by atoms with van der Waals surface area (Å²) in [6.45, 7) is 13.9. The molecular weight excluding hydrogens is 498 g/mol. The van der Waals surface area contributed by atoms with E-state index in [0.717, 1.165) is 44.5 Å². The lowest BCUT2D eigenvalue weighted by Crippen LogP contribution is -2.43. The minimum absolute atomic E-state index is 0. The summed E-state index contributed by atoms with van der Waals surface area (Å²) in [6.07, 6.45) is 13.3. The number of aliphatic carboxylic acids is 1. The third kappa shape index (κ3) is 10.5. The number of benzene rings is 1. The van der Waals surface area contributed by atoms with Crippen molar-refractivity contribution in [3.8, 4) is 0 Å². The summed E-state index contributed by atoms with van der Waals surface area (Å²) in [4.78, 5) is 26.0. The second-order valence-corrected chi connectivity index (χ2v) is 11.6. The Balaban J connectivity index is 0.000000397. The van der Waals surface area contributed by atoms with Crippen molar-refractivity contribution < 1.29 is 19.4 Å². The van der Waals surface area contributed by atoms with Gasteiger partial charge in [-0.3, -0.25) is 9.59 Å². The summed E-state index contributed by atoms with van der Waals surface area (Å²) < 4.78 is 5.79. The summed E-state index contributed by atoms with van der Waals surface area (Å²) in [6, 6.07) is 7.87. The van der Waals surface area contributed by atoms with Crippen LogP contribution in [0.1, 0.15) is 116 Å². The van der Waals surface area contributed by atoms with Crippen LogP contribution in [0.4, 0.5) is 0 Å². The first-order chi connectivity index (χ1) is 17.7. The molecule has 0 radical (unpaired) electrons. The fourth-order valence-corrected chi connectivity index (χ4v) is 6.12. The summed E-state index contributed by atoms with van der Waals surface area (Å²) in [5.41, 5.74) is 2.00. The Bertz CT molecular complexity index is 794. The quantitative estimate of drug-likeness (QED) is 0.283. The lowest BCUT2D eigenvalue weighted by atomic mass is 9.62. The monoisotopic (exact) mass is 551 g/mol. The zero-order chi connectivity index (χ0) is 27.3. The van der Waals surface area contributed by atoms with Crippen LogP contribution in [0.25, 0.3) is 0 Å². The van der Waals surface area contributed by atoms with Gasteiger partial charge in [-0.25, -0.2) is 0 Å². The highest BCUT2D eigenvalue weighted by Gasteiger charge is 2.47. The molecule has 1 aromatic carbocycles. The van der Waals surface area contributed by atoms with Crippen LogP contribution >= 0.6 is 12.4 Å². The number of ether oxygens (including phenoxy) is 1. The molecule has 0 heterocycles. The number of rotatable bonds is 11. The van der Waals surface area contributed by atoms with Crippen LogP contribution in [0.2, 0.25) is 0 Å². The number of hydrogen-bond acceptors (Lipinski definition) is 4. The van der Waals surface area contributed by atoms with Crippen molar-refractivity contribution in [2.45, 2.75) is 111 Å². The van der Waals surface area contributed by atoms with Crippen molar-refractivity contribution in [1.29, 1.82) is 0 Å². The van der Waals surface area contributed by atoms with Crippen LogP contribution < -0.4 is 0 Å². The van der Waals surface area contributed by atoms with E-state index in [1.807, 2.05) is 24.3 Å². The van der Waals surface area contributed by atoms with Gasteiger partial charge in [0.25, 0.3) is 0 Å². The van der Waals surface area contributed by atoms with E-state index in [4.69, 9.17) is 9.84 Å². The van der Waals surface area contributed by atoms with E-state index < -0.39 is 11.9 Å². The van der Waals surface area contributed by atoms with E-state index in [1.54, 1.807) is 6.92 Å². The highest BCUT2D eigenvalue weighted by Crippen LogP contribution is 2.49. The number of carboxylic acids is 1. The van der Waals surface area contributed by atoms with E-state index in [-0.39, 0.29) is 23.8 Å². The Hall–Kier alpha value is -1.59. The van der Waals surface area contributed by atoms with E-state index >= 15 is 0 Å². The van der Waals surface area contributed by atoms with Crippen LogP contribution in [0.15, 0.2) is 24.3 Å². The summed E-state index contributed by atoms with van der Waals surface area (Å²) >= 11 is 0. The number of hydrogen-bond donors (Lipinski definition) is 1. The van der Waals surface area contributed by atoms with Crippen molar-refractivity contribution in [2.24, 2.45) is 17.3 Å². The second kappa shape index (κ2) is 17.9. The fraction of sp³-hybridized carbons (Fsp3) is 0.750. The molecule has 0 saturated heterocycles. The van der Waals surface area contributed by atoms with Gasteiger partial charge in [-0.05, 0) is 75.1 Å². The van der Waals surface area contributed by atoms with Crippen LogP contribution in [-0.4, -0.2) is 48.2 Å². The van der Waals surface area contributed by atoms with E-state index in [1.165, 1.54) is 56.9 Å². The molecule has 2 aliphatic rings. The lowest BCUT2D eigenvalue weighted by molar-refractivity contribution is -0.164. The Morgan fingerprint density at radius 1 is 0.947 bits per heavy atom. The number of carbonyl (C=O) groups excluding carboxylic acids is 1. The molecule has 3 rings (SSSR count). The Labute approximate surface area is 238 Å². The highest BCUT2D eigenvalue weighted by molar-refractivity contribution is 5.85. The number of halogens is 1. The van der Waals surface area contributed by atoms with Crippen LogP contribution in [-0.2, 0) is 20.7 Å². The first kappa shape index (κ1) is 34.4. The number of nitrogens with zero attached hydrogens (tertiary/aromatic N) is 1. The third-order valence-corrected chi connectivity index (χ3v) is 8.57. The molecule has 0 bridgehead atoms. The minimum Gasteiger partial charge on any atom is -0.481 e. The molecule has 5 nitrogen and oxygen atoms in total. The van der Waals surface area contributed by atoms with Crippen molar-refractivity contribution in [1.82, 2.24) is 4.90 Å². The second-order valence-electron chi connectivity index (χ2n) is 11.6. The maximum atomic E-state index is 12.9. The normalized spacial score (nSPS) is 18.2. The Morgan fingerprint density at radius 2 is 1.50 bits per heavy atom. The molecule has 0 amide bonds. The molecule has 218 valence electrons. The summed E-state index contributed by atoms with van der Waals surface area (Å²) in [7, 11) is 0. The predicted molar refractivity (Wildman–Crippen MR) is 159 cm³/mol. The van der Waals surface area contributed by atoms with Crippen molar-refractivity contribution in [2.75, 3.05) is 26.2 Å². The topological polar surface area (TPSA) is 66.8 Å². The van der Waals surface area contributed by atoms with Gasteiger partial charge in [-0.15, -0.1) is 12.4 Å². The van der Waals surface area contributed by atoms with E-state index in [2.05, 4.69) is 32.6 Å². The summed E-state index contributed by atoms with van der Waals surface area (Å²) in [5.74, 6) is 0.159. The SMILES string of the molecule is CC(C)Cc1ccc(C(C)C(=O)O)cc1.CCN(CC)CCOC(=O)C1(C2CCCCC2)CCCCC1.Cl. The van der Waals surface area contributed by atoms with E-state index in [9.17, 15) is 9.59 Å². The predicted octanol–water partition coefficient (Wildman–Crippen LogP) is 7.90. The van der Waals surface area contributed by atoms with Gasteiger partial charge in [-0.2, -0.15) is 0 Å². The van der Waals surface area contributed by atoms with Crippen molar-refractivity contribution >= 4 is 24.3 Å². The van der Waals surface area contributed by atoms with Gasteiger partial charge in [0.15, 0.2) is 0 Å². The van der Waals surface area contributed by atoms with Crippen LogP contribution in [0, 0.1) is 17.3 Å². The molecule has 1 unspecified atom stereocenters.